The van der Waals surface area contributed by atoms with Gasteiger partial charge in [0.05, 0.1) is 18.8 Å². The van der Waals surface area contributed by atoms with Crippen molar-refractivity contribution < 1.29 is 28.9 Å². The highest BCUT2D eigenvalue weighted by molar-refractivity contribution is 5.94. The summed E-state index contributed by atoms with van der Waals surface area (Å²) in [6.45, 7) is 7.82. The molecule has 1 aliphatic rings. The summed E-state index contributed by atoms with van der Waals surface area (Å²) < 4.78 is 18.1. The maximum Gasteiger partial charge on any atom is 0.303 e. The number of benzene rings is 3. The number of hydrogen-bond acceptors (Lipinski definition) is 7. The molecule has 3 aromatic carbocycles. The second kappa shape index (κ2) is 13.9. The Bertz CT molecular complexity index is 1280. The predicted octanol–water partition coefficient (Wildman–Crippen LogP) is 5.55. The third-order valence-corrected chi connectivity index (χ3v) is 7.70. The number of nitrogens with one attached hydrogen (secondary N) is 1. The van der Waals surface area contributed by atoms with Crippen LogP contribution in [-0.2, 0) is 30.4 Å². The molecule has 8 heteroatoms. The molecule has 8 nitrogen and oxygen atoms in total. The molecule has 6 atom stereocenters. The number of esters is 1. The highest BCUT2D eigenvalue weighted by Crippen LogP contribution is 2.42. The number of aliphatic hydroxyl groups is 1. The maximum absolute atomic E-state index is 12.4. The van der Waals surface area contributed by atoms with Crippen molar-refractivity contribution in [2.45, 2.75) is 64.9 Å². The van der Waals surface area contributed by atoms with Crippen LogP contribution in [0.2, 0.25) is 0 Å². The maximum atomic E-state index is 12.4. The van der Waals surface area contributed by atoms with Crippen molar-refractivity contribution in [3.05, 3.63) is 101 Å². The van der Waals surface area contributed by atoms with Crippen molar-refractivity contribution in [3.63, 3.8) is 0 Å². The molecule has 0 bridgehead atoms. The second-order valence-electron chi connectivity index (χ2n) is 10.7. The molecule has 41 heavy (non-hydrogen) atoms. The molecule has 218 valence electrons. The first-order valence-electron chi connectivity index (χ1n) is 14.0. The minimum atomic E-state index is -0.896. The van der Waals surface area contributed by atoms with Gasteiger partial charge in [-0.3, -0.25) is 14.5 Å². The fourth-order valence-corrected chi connectivity index (χ4v) is 5.03. The van der Waals surface area contributed by atoms with Gasteiger partial charge in [0.25, 0.3) is 5.91 Å². The fraction of sp³-hybridized carbons (Fsp3) is 0.394. The average Bonchev–Trinajstić information content (AvgIpc) is 2.98. The third-order valence-electron chi connectivity index (χ3n) is 7.70. The van der Waals surface area contributed by atoms with Gasteiger partial charge in [0, 0.05) is 36.7 Å². The number of nitrogens with zero attached hydrogens (tertiary/aromatic N) is 1. The minimum absolute atomic E-state index is 0.0135. The smallest absolute Gasteiger partial charge is 0.303 e. The van der Waals surface area contributed by atoms with Gasteiger partial charge in [0.15, 0.2) is 12.4 Å². The topological polar surface area (TPSA) is 97.3 Å². The second-order valence-corrected chi connectivity index (χ2v) is 10.7. The van der Waals surface area contributed by atoms with Crippen LogP contribution in [0.3, 0.4) is 0 Å². The van der Waals surface area contributed by atoms with Crippen LogP contribution in [0.25, 0.3) is 0 Å². The number of carbonyl (C=O) groups excluding carboxylic acids is 2. The average molecular weight is 561 g/mol. The standard InChI is InChI=1S/C33H40N2O6/c1-21-30(19-35(5)22(2)26-9-7-6-8-10-26)40-33(41-31(21)27-13-11-25(20-36)12-14-27)28-15-17-29(18-16-28)34-32(38)23(3)39-24(4)37/h6-18,21-23,30-31,33,36H,19-20H2,1-5H3,(H,34,38). The molecule has 0 spiro atoms. The summed E-state index contributed by atoms with van der Waals surface area (Å²) in [4.78, 5) is 25.8. The monoisotopic (exact) mass is 560 g/mol. The van der Waals surface area contributed by atoms with Crippen LogP contribution in [-0.4, -0.2) is 47.7 Å². The van der Waals surface area contributed by atoms with Gasteiger partial charge in [-0.2, -0.15) is 0 Å². The van der Waals surface area contributed by atoms with E-state index in [-0.39, 0.29) is 30.8 Å². The van der Waals surface area contributed by atoms with Crippen LogP contribution in [0.1, 0.15) is 68.4 Å². The van der Waals surface area contributed by atoms with Gasteiger partial charge in [0.2, 0.25) is 0 Å². The fourth-order valence-electron chi connectivity index (χ4n) is 5.03. The lowest BCUT2D eigenvalue weighted by atomic mass is 9.89. The molecule has 4 rings (SSSR count). The van der Waals surface area contributed by atoms with E-state index >= 15 is 0 Å². The molecular weight excluding hydrogens is 520 g/mol. The molecule has 1 saturated heterocycles. The SMILES string of the molecule is CC(=O)OC(C)C(=O)Nc1ccc(C2OC(CN(C)C(C)c3ccccc3)C(C)C(c3ccc(CO)cc3)O2)cc1. The molecule has 0 aromatic heterocycles. The van der Waals surface area contributed by atoms with E-state index in [9.17, 15) is 14.7 Å². The summed E-state index contributed by atoms with van der Waals surface area (Å²) >= 11 is 0. The normalized spacial score (nSPS) is 22.1. The lowest BCUT2D eigenvalue weighted by molar-refractivity contribution is -0.276. The van der Waals surface area contributed by atoms with Crippen LogP contribution >= 0.6 is 0 Å². The lowest BCUT2D eigenvalue weighted by Gasteiger charge is -2.43. The van der Waals surface area contributed by atoms with Gasteiger partial charge in [-0.15, -0.1) is 0 Å². The summed E-state index contributed by atoms with van der Waals surface area (Å²) in [6.07, 6.45) is -1.87. The summed E-state index contributed by atoms with van der Waals surface area (Å²) in [5.41, 5.74) is 4.51. The number of likely N-dealkylation sites (N-methyl/N-ethyl adjacent to an activating group) is 1. The number of rotatable bonds is 10. The zero-order valence-corrected chi connectivity index (χ0v) is 24.3. The summed E-state index contributed by atoms with van der Waals surface area (Å²) in [7, 11) is 2.11. The molecule has 3 aromatic rings. The molecular formula is C33H40N2O6. The van der Waals surface area contributed by atoms with Crippen molar-refractivity contribution >= 4 is 17.6 Å². The quantitative estimate of drug-likeness (QED) is 0.314. The van der Waals surface area contributed by atoms with Gasteiger partial charge in [-0.25, -0.2) is 0 Å². The first-order valence-corrected chi connectivity index (χ1v) is 14.0. The highest BCUT2D eigenvalue weighted by atomic mass is 16.7. The molecule has 0 saturated carbocycles. The molecule has 1 aliphatic heterocycles. The number of hydrogen-bond donors (Lipinski definition) is 2. The van der Waals surface area contributed by atoms with Crippen LogP contribution in [0.15, 0.2) is 78.9 Å². The van der Waals surface area contributed by atoms with Gasteiger partial charge < -0.3 is 24.6 Å². The third kappa shape index (κ3) is 7.80. The van der Waals surface area contributed by atoms with Crippen LogP contribution in [0.4, 0.5) is 5.69 Å². The summed E-state index contributed by atoms with van der Waals surface area (Å²) in [5.74, 6) is -0.866. The Morgan fingerprint density at radius 2 is 1.59 bits per heavy atom. The Morgan fingerprint density at radius 1 is 0.951 bits per heavy atom. The van der Waals surface area contributed by atoms with Crippen LogP contribution in [0, 0.1) is 5.92 Å². The van der Waals surface area contributed by atoms with Gasteiger partial charge in [0.1, 0.15) is 0 Å². The first-order chi connectivity index (χ1) is 19.7. The lowest BCUT2D eigenvalue weighted by Crippen LogP contribution is -2.44. The molecule has 6 unspecified atom stereocenters. The van der Waals surface area contributed by atoms with E-state index in [1.54, 1.807) is 12.1 Å². The van der Waals surface area contributed by atoms with Crippen molar-refractivity contribution in [3.8, 4) is 0 Å². The number of ether oxygens (including phenoxy) is 3. The zero-order valence-electron chi connectivity index (χ0n) is 24.3. The van der Waals surface area contributed by atoms with E-state index in [0.29, 0.717) is 12.2 Å². The van der Waals surface area contributed by atoms with Gasteiger partial charge in [-0.05, 0) is 49.7 Å². The molecule has 0 radical (unpaired) electrons. The van der Waals surface area contributed by atoms with E-state index in [1.807, 2.05) is 42.5 Å². The number of aliphatic hydroxyl groups excluding tert-OH is 1. The van der Waals surface area contributed by atoms with Crippen LogP contribution in [0.5, 0.6) is 0 Å². The van der Waals surface area contributed by atoms with Crippen molar-refractivity contribution in [2.24, 2.45) is 5.92 Å². The van der Waals surface area contributed by atoms with E-state index in [4.69, 9.17) is 14.2 Å². The van der Waals surface area contributed by atoms with Gasteiger partial charge in [-0.1, -0.05) is 73.7 Å². The first kappa shape index (κ1) is 30.4. The van der Waals surface area contributed by atoms with Crippen LogP contribution < -0.4 is 5.32 Å². The van der Waals surface area contributed by atoms with E-state index in [1.165, 1.54) is 19.4 Å². The Morgan fingerprint density at radius 3 is 2.20 bits per heavy atom. The minimum Gasteiger partial charge on any atom is -0.453 e. The predicted molar refractivity (Wildman–Crippen MR) is 157 cm³/mol. The van der Waals surface area contributed by atoms with Crippen molar-refractivity contribution in [1.82, 2.24) is 4.90 Å². The van der Waals surface area contributed by atoms with Crippen molar-refractivity contribution in [1.29, 1.82) is 0 Å². The molecule has 1 heterocycles. The molecule has 1 amide bonds. The molecule has 2 N–H and O–H groups in total. The Labute approximate surface area is 242 Å². The van der Waals surface area contributed by atoms with E-state index < -0.39 is 24.3 Å². The Kier molecular flexibility index (Phi) is 10.3. The summed E-state index contributed by atoms with van der Waals surface area (Å²) in [5, 5.41) is 12.3. The molecule has 0 aliphatic carbocycles. The number of anilines is 1. The Balaban J connectivity index is 1.54. The Hall–Kier alpha value is -3.56. The number of amides is 1. The number of carbonyl (C=O) groups is 2. The highest BCUT2D eigenvalue weighted by Gasteiger charge is 2.39. The van der Waals surface area contributed by atoms with E-state index in [0.717, 1.165) is 16.7 Å². The van der Waals surface area contributed by atoms with E-state index in [2.05, 4.69) is 55.4 Å². The largest absolute Gasteiger partial charge is 0.453 e. The van der Waals surface area contributed by atoms with Crippen molar-refractivity contribution in [2.75, 3.05) is 18.9 Å². The van der Waals surface area contributed by atoms with Gasteiger partial charge >= 0.3 is 5.97 Å². The summed E-state index contributed by atoms with van der Waals surface area (Å²) in [6, 6.07) is 25.7. The molecule has 1 fully saturated rings. The zero-order chi connectivity index (χ0) is 29.5.